The van der Waals surface area contributed by atoms with E-state index in [2.05, 4.69) is 15.9 Å². The summed E-state index contributed by atoms with van der Waals surface area (Å²) in [6.07, 6.45) is -0.195. The molecule has 2 N–H and O–H groups in total. The summed E-state index contributed by atoms with van der Waals surface area (Å²) in [7, 11) is 0. The summed E-state index contributed by atoms with van der Waals surface area (Å²) in [6, 6.07) is 13.7. The number of benzene rings is 2. The first kappa shape index (κ1) is 14.4. The van der Waals surface area contributed by atoms with Crippen molar-refractivity contribution in [3.63, 3.8) is 0 Å². The Morgan fingerprint density at radius 2 is 1.89 bits per heavy atom. The van der Waals surface area contributed by atoms with Gasteiger partial charge in [-0.05, 0) is 30.7 Å². The topological polar surface area (TPSA) is 35.2 Å². The molecule has 0 radical (unpaired) electrons. The number of aryl methyl sites for hydroxylation is 1. The molecule has 100 valence electrons. The SMILES string of the molecule is Cc1ccc(C(CN)Oc2ccc(Br)cc2Cl)cc1. The number of rotatable bonds is 4. The molecule has 2 aromatic carbocycles. The molecule has 0 aliphatic rings. The summed E-state index contributed by atoms with van der Waals surface area (Å²) in [5, 5.41) is 0.569. The molecule has 0 aliphatic heterocycles. The third kappa shape index (κ3) is 3.72. The van der Waals surface area contributed by atoms with Gasteiger partial charge in [0.15, 0.2) is 0 Å². The third-order valence-corrected chi connectivity index (χ3v) is 3.61. The van der Waals surface area contributed by atoms with Crippen molar-refractivity contribution in [2.24, 2.45) is 5.73 Å². The lowest BCUT2D eigenvalue weighted by molar-refractivity contribution is 0.214. The molecule has 0 fully saturated rings. The van der Waals surface area contributed by atoms with E-state index in [1.54, 1.807) is 6.07 Å². The number of hydrogen-bond donors (Lipinski definition) is 1. The first-order chi connectivity index (χ1) is 9.10. The van der Waals surface area contributed by atoms with E-state index in [1.165, 1.54) is 5.56 Å². The van der Waals surface area contributed by atoms with E-state index in [-0.39, 0.29) is 6.10 Å². The fourth-order valence-electron chi connectivity index (χ4n) is 1.76. The highest BCUT2D eigenvalue weighted by atomic mass is 79.9. The summed E-state index contributed by atoms with van der Waals surface area (Å²) < 4.78 is 6.82. The maximum atomic E-state index is 6.15. The zero-order valence-corrected chi connectivity index (χ0v) is 12.9. The molecule has 0 heterocycles. The van der Waals surface area contributed by atoms with Gasteiger partial charge in [0.1, 0.15) is 11.9 Å². The van der Waals surface area contributed by atoms with Crippen LogP contribution in [0.25, 0.3) is 0 Å². The van der Waals surface area contributed by atoms with Gasteiger partial charge in [0, 0.05) is 11.0 Å². The van der Waals surface area contributed by atoms with Crippen LogP contribution in [0.15, 0.2) is 46.9 Å². The van der Waals surface area contributed by atoms with Gasteiger partial charge in [-0.3, -0.25) is 0 Å². The van der Waals surface area contributed by atoms with Crippen LogP contribution in [-0.4, -0.2) is 6.54 Å². The fourth-order valence-corrected chi connectivity index (χ4v) is 2.48. The second kappa shape index (κ2) is 6.42. The zero-order chi connectivity index (χ0) is 13.8. The van der Waals surface area contributed by atoms with Crippen LogP contribution in [0.5, 0.6) is 5.75 Å². The van der Waals surface area contributed by atoms with Gasteiger partial charge < -0.3 is 10.5 Å². The first-order valence-corrected chi connectivity index (χ1v) is 7.15. The van der Waals surface area contributed by atoms with E-state index in [0.717, 1.165) is 10.0 Å². The summed E-state index contributed by atoms with van der Waals surface area (Å²) in [6.45, 7) is 2.45. The highest BCUT2D eigenvalue weighted by Gasteiger charge is 2.13. The molecule has 0 aliphatic carbocycles. The minimum Gasteiger partial charge on any atom is -0.483 e. The highest BCUT2D eigenvalue weighted by molar-refractivity contribution is 9.10. The Balaban J connectivity index is 2.21. The van der Waals surface area contributed by atoms with Crippen molar-refractivity contribution in [3.8, 4) is 5.75 Å². The second-order valence-corrected chi connectivity index (χ2v) is 5.65. The first-order valence-electron chi connectivity index (χ1n) is 5.98. The molecule has 19 heavy (non-hydrogen) atoms. The van der Waals surface area contributed by atoms with Crippen LogP contribution in [0, 0.1) is 6.92 Å². The van der Waals surface area contributed by atoms with Crippen LogP contribution >= 0.6 is 27.5 Å². The molecule has 0 saturated carbocycles. The molecule has 2 rings (SSSR count). The number of halogens is 2. The molecular formula is C15H15BrClNO. The Morgan fingerprint density at radius 1 is 1.21 bits per heavy atom. The quantitative estimate of drug-likeness (QED) is 0.890. The Kier molecular flexibility index (Phi) is 4.86. The van der Waals surface area contributed by atoms with Gasteiger partial charge in [-0.15, -0.1) is 0 Å². The summed E-state index contributed by atoms with van der Waals surface area (Å²) in [5.74, 6) is 0.640. The van der Waals surface area contributed by atoms with Crippen LogP contribution in [-0.2, 0) is 0 Å². The normalized spacial score (nSPS) is 12.2. The molecule has 0 saturated heterocycles. The van der Waals surface area contributed by atoms with Crippen LogP contribution in [0.3, 0.4) is 0 Å². The lowest BCUT2D eigenvalue weighted by atomic mass is 10.1. The minimum absolute atomic E-state index is 0.195. The summed E-state index contributed by atoms with van der Waals surface area (Å²) >= 11 is 9.52. The van der Waals surface area contributed by atoms with E-state index in [1.807, 2.05) is 43.3 Å². The monoisotopic (exact) mass is 339 g/mol. The van der Waals surface area contributed by atoms with Gasteiger partial charge in [-0.25, -0.2) is 0 Å². The predicted octanol–water partition coefficient (Wildman–Crippen LogP) is 4.49. The molecule has 2 nitrogen and oxygen atoms in total. The molecular weight excluding hydrogens is 326 g/mol. The number of nitrogens with two attached hydrogens (primary N) is 1. The van der Waals surface area contributed by atoms with E-state index < -0.39 is 0 Å². The average Bonchev–Trinajstić information content (AvgIpc) is 2.39. The average molecular weight is 341 g/mol. The van der Waals surface area contributed by atoms with Gasteiger partial charge in [0.2, 0.25) is 0 Å². The van der Waals surface area contributed by atoms with Crippen LogP contribution < -0.4 is 10.5 Å². The smallest absolute Gasteiger partial charge is 0.138 e. The highest BCUT2D eigenvalue weighted by Crippen LogP contribution is 2.31. The van der Waals surface area contributed by atoms with Gasteiger partial charge >= 0.3 is 0 Å². The maximum absolute atomic E-state index is 6.15. The van der Waals surface area contributed by atoms with E-state index in [0.29, 0.717) is 17.3 Å². The Labute approximate surface area is 126 Å². The van der Waals surface area contributed by atoms with Crippen molar-refractivity contribution in [3.05, 3.63) is 63.1 Å². The summed E-state index contributed by atoms with van der Waals surface area (Å²) in [4.78, 5) is 0. The minimum atomic E-state index is -0.195. The molecule has 4 heteroatoms. The van der Waals surface area contributed by atoms with Crippen molar-refractivity contribution in [1.29, 1.82) is 0 Å². The van der Waals surface area contributed by atoms with Crippen molar-refractivity contribution in [2.45, 2.75) is 13.0 Å². The van der Waals surface area contributed by atoms with Crippen LogP contribution in [0.2, 0.25) is 5.02 Å². The molecule has 2 aromatic rings. The molecule has 0 spiro atoms. The summed E-state index contributed by atoms with van der Waals surface area (Å²) in [5.41, 5.74) is 8.05. The zero-order valence-electron chi connectivity index (χ0n) is 10.6. The Bertz CT molecular complexity index is 557. The number of ether oxygens (including phenoxy) is 1. The largest absolute Gasteiger partial charge is 0.483 e. The Hall–Kier alpha value is -1.03. The molecule has 0 aromatic heterocycles. The second-order valence-electron chi connectivity index (χ2n) is 4.33. The van der Waals surface area contributed by atoms with Crippen LogP contribution in [0.4, 0.5) is 0 Å². The Morgan fingerprint density at radius 3 is 2.47 bits per heavy atom. The maximum Gasteiger partial charge on any atom is 0.138 e. The predicted molar refractivity (Wildman–Crippen MR) is 82.8 cm³/mol. The fraction of sp³-hybridized carbons (Fsp3) is 0.200. The van der Waals surface area contributed by atoms with Gasteiger partial charge in [-0.1, -0.05) is 57.4 Å². The lowest BCUT2D eigenvalue weighted by Crippen LogP contribution is -2.18. The lowest BCUT2D eigenvalue weighted by Gasteiger charge is -2.19. The molecule has 1 atom stereocenters. The molecule has 0 bridgehead atoms. The van der Waals surface area contributed by atoms with Gasteiger partial charge in [0.05, 0.1) is 5.02 Å². The van der Waals surface area contributed by atoms with E-state index in [9.17, 15) is 0 Å². The third-order valence-electron chi connectivity index (χ3n) is 2.83. The van der Waals surface area contributed by atoms with Crippen molar-refractivity contribution < 1.29 is 4.74 Å². The van der Waals surface area contributed by atoms with Gasteiger partial charge in [0.25, 0.3) is 0 Å². The van der Waals surface area contributed by atoms with Crippen molar-refractivity contribution in [1.82, 2.24) is 0 Å². The van der Waals surface area contributed by atoms with Crippen molar-refractivity contribution in [2.75, 3.05) is 6.54 Å². The van der Waals surface area contributed by atoms with Gasteiger partial charge in [-0.2, -0.15) is 0 Å². The van der Waals surface area contributed by atoms with Crippen LogP contribution in [0.1, 0.15) is 17.2 Å². The standard InChI is InChI=1S/C15H15BrClNO/c1-10-2-4-11(5-3-10)15(9-18)19-14-7-6-12(16)8-13(14)17/h2-8,15H,9,18H2,1H3. The molecule has 0 amide bonds. The van der Waals surface area contributed by atoms with E-state index in [4.69, 9.17) is 22.1 Å². The molecule has 1 unspecified atom stereocenters. The van der Waals surface area contributed by atoms with Crippen molar-refractivity contribution >= 4 is 27.5 Å². The van der Waals surface area contributed by atoms with E-state index >= 15 is 0 Å². The number of hydrogen-bond acceptors (Lipinski definition) is 2.